The van der Waals surface area contributed by atoms with Gasteiger partial charge in [-0.2, -0.15) is 0 Å². The fraction of sp³-hybridized carbons (Fsp3) is 0.154. The Bertz CT molecular complexity index is 570. The van der Waals surface area contributed by atoms with Crippen LogP contribution in [-0.4, -0.2) is 5.97 Å². The average molecular weight is 198 g/mol. The first kappa shape index (κ1) is 8.48. The van der Waals surface area contributed by atoms with Gasteiger partial charge in [-0.3, -0.25) is 4.79 Å². The minimum Gasteiger partial charge on any atom is -0.426 e. The first-order chi connectivity index (χ1) is 7.25. The lowest BCUT2D eigenvalue weighted by Crippen LogP contribution is -2.00. The van der Waals surface area contributed by atoms with Crippen LogP contribution in [0.2, 0.25) is 0 Å². The number of hydrogen-bond acceptors (Lipinski definition) is 2. The first-order valence-corrected chi connectivity index (χ1v) is 4.97. The molecule has 15 heavy (non-hydrogen) atoms. The highest BCUT2D eigenvalue weighted by atomic mass is 16.5. The second-order valence-corrected chi connectivity index (χ2v) is 3.85. The molecule has 0 fully saturated rings. The molecule has 2 aromatic carbocycles. The number of benzene rings is 2. The number of fused-ring (bicyclic) bond motifs is 2. The summed E-state index contributed by atoms with van der Waals surface area (Å²) < 4.78 is 5.16. The Hall–Kier alpha value is -1.83. The molecule has 2 aromatic rings. The molecule has 0 spiro atoms. The smallest absolute Gasteiger partial charge is 0.315 e. The maximum absolute atomic E-state index is 11.2. The summed E-state index contributed by atoms with van der Waals surface area (Å²) in [6.07, 6.45) is 0.409. The van der Waals surface area contributed by atoms with Crippen molar-refractivity contribution in [2.24, 2.45) is 0 Å². The molecule has 74 valence electrons. The second-order valence-electron chi connectivity index (χ2n) is 3.85. The normalized spacial score (nSPS) is 14.1. The molecule has 3 rings (SSSR count). The molecular weight excluding hydrogens is 188 g/mol. The minimum atomic E-state index is -0.150. The predicted molar refractivity (Wildman–Crippen MR) is 58.0 cm³/mol. The topological polar surface area (TPSA) is 26.3 Å². The van der Waals surface area contributed by atoms with Gasteiger partial charge in [-0.25, -0.2) is 0 Å². The van der Waals surface area contributed by atoms with E-state index in [4.69, 9.17) is 4.74 Å². The van der Waals surface area contributed by atoms with Gasteiger partial charge in [0.05, 0.1) is 6.42 Å². The van der Waals surface area contributed by atoms with Gasteiger partial charge < -0.3 is 4.74 Å². The van der Waals surface area contributed by atoms with Crippen molar-refractivity contribution in [1.82, 2.24) is 0 Å². The Morgan fingerprint density at radius 3 is 2.93 bits per heavy atom. The van der Waals surface area contributed by atoms with E-state index in [9.17, 15) is 4.79 Å². The number of aryl methyl sites for hydroxylation is 1. The highest BCUT2D eigenvalue weighted by molar-refractivity contribution is 5.93. The summed E-state index contributed by atoms with van der Waals surface area (Å²) in [5.74, 6) is 0.583. The van der Waals surface area contributed by atoms with Crippen molar-refractivity contribution in [3.8, 4) is 5.75 Å². The summed E-state index contributed by atoms with van der Waals surface area (Å²) in [5, 5.41) is 2.33. The lowest BCUT2D eigenvalue weighted by atomic mass is 9.98. The third kappa shape index (κ3) is 1.14. The van der Waals surface area contributed by atoms with Crippen LogP contribution in [0.1, 0.15) is 11.1 Å². The van der Waals surface area contributed by atoms with Crippen LogP contribution in [0.5, 0.6) is 5.75 Å². The number of ether oxygens (including phenoxy) is 1. The van der Waals surface area contributed by atoms with E-state index >= 15 is 0 Å². The third-order valence-electron chi connectivity index (χ3n) is 2.95. The number of hydrogen-bond donors (Lipinski definition) is 0. The fourth-order valence-corrected chi connectivity index (χ4v) is 2.15. The van der Waals surface area contributed by atoms with Gasteiger partial charge in [0.15, 0.2) is 0 Å². The predicted octanol–water partition coefficient (Wildman–Crippen LogP) is 2.61. The van der Waals surface area contributed by atoms with Gasteiger partial charge in [-0.05, 0) is 29.3 Å². The number of carbonyl (C=O) groups is 1. The van der Waals surface area contributed by atoms with Crippen molar-refractivity contribution < 1.29 is 9.53 Å². The first-order valence-electron chi connectivity index (χ1n) is 4.97. The van der Waals surface area contributed by atoms with Crippen molar-refractivity contribution in [3.63, 3.8) is 0 Å². The lowest BCUT2D eigenvalue weighted by Gasteiger charge is -2.06. The van der Waals surface area contributed by atoms with Crippen molar-refractivity contribution in [1.29, 1.82) is 0 Å². The quantitative estimate of drug-likeness (QED) is 0.480. The summed E-state index contributed by atoms with van der Waals surface area (Å²) in [7, 11) is 0. The molecule has 0 unspecified atom stereocenters. The molecule has 0 aliphatic carbocycles. The van der Waals surface area contributed by atoms with E-state index in [-0.39, 0.29) is 5.97 Å². The highest BCUT2D eigenvalue weighted by Gasteiger charge is 2.23. The van der Waals surface area contributed by atoms with Gasteiger partial charge in [0.25, 0.3) is 0 Å². The average Bonchev–Trinajstić information content (AvgIpc) is 2.59. The van der Waals surface area contributed by atoms with E-state index < -0.39 is 0 Å². The Kier molecular flexibility index (Phi) is 1.60. The minimum absolute atomic E-state index is 0.150. The highest BCUT2D eigenvalue weighted by Crippen LogP contribution is 2.34. The Labute approximate surface area is 87.5 Å². The summed E-state index contributed by atoms with van der Waals surface area (Å²) in [5.41, 5.74) is 2.20. The molecule has 1 aliphatic rings. The third-order valence-corrected chi connectivity index (χ3v) is 2.95. The molecule has 0 radical (unpaired) electrons. The van der Waals surface area contributed by atoms with E-state index in [0.29, 0.717) is 6.42 Å². The van der Waals surface area contributed by atoms with Crippen LogP contribution in [0, 0.1) is 6.92 Å². The molecule has 0 amide bonds. The van der Waals surface area contributed by atoms with Crippen molar-refractivity contribution in [2.45, 2.75) is 13.3 Å². The molecule has 0 N–H and O–H groups in total. The second kappa shape index (κ2) is 2.83. The zero-order chi connectivity index (χ0) is 10.4. The number of esters is 1. The van der Waals surface area contributed by atoms with Gasteiger partial charge in [-0.15, -0.1) is 0 Å². The van der Waals surface area contributed by atoms with Gasteiger partial charge in [0.2, 0.25) is 0 Å². The van der Waals surface area contributed by atoms with E-state index in [1.54, 1.807) is 0 Å². The summed E-state index contributed by atoms with van der Waals surface area (Å²) >= 11 is 0. The lowest BCUT2D eigenvalue weighted by molar-refractivity contribution is -0.131. The molecule has 0 bridgehead atoms. The molecule has 2 heteroatoms. The maximum atomic E-state index is 11.2. The van der Waals surface area contributed by atoms with Crippen LogP contribution >= 0.6 is 0 Å². The Morgan fingerprint density at radius 2 is 2.07 bits per heavy atom. The Balaban J connectivity index is 2.40. The summed E-state index contributed by atoms with van der Waals surface area (Å²) in [6.45, 7) is 2.04. The molecular formula is C13H10O2. The van der Waals surface area contributed by atoms with Crippen molar-refractivity contribution in [2.75, 3.05) is 0 Å². The van der Waals surface area contributed by atoms with E-state index in [1.807, 2.05) is 31.2 Å². The number of carbonyl (C=O) groups excluding carboxylic acids is 1. The zero-order valence-electron chi connectivity index (χ0n) is 8.41. The zero-order valence-corrected chi connectivity index (χ0v) is 8.41. The van der Waals surface area contributed by atoms with Gasteiger partial charge in [0.1, 0.15) is 5.75 Å². The van der Waals surface area contributed by atoms with Gasteiger partial charge >= 0.3 is 5.97 Å². The fourth-order valence-electron chi connectivity index (χ4n) is 2.15. The molecule has 0 saturated heterocycles. The van der Waals surface area contributed by atoms with E-state index in [2.05, 4.69) is 6.07 Å². The summed E-state index contributed by atoms with van der Waals surface area (Å²) in [6, 6.07) is 10.1. The van der Waals surface area contributed by atoms with Crippen LogP contribution in [0.25, 0.3) is 10.8 Å². The van der Waals surface area contributed by atoms with Gasteiger partial charge in [-0.1, -0.05) is 24.3 Å². The molecule has 0 saturated carbocycles. The molecule has 1 aliphatic heterocycles. The van der Waals surface area contributed by atoms with Crippen molar-refractivity contribution in [3.05, 3.63) is 41.5 Å². The Morgan fingerprint density at radius 1 is 1.27 bits per heavy atom. The SMILES string of the molecule is Cc1c2c(cc3ccccc13)OC(=O)C2. The standard InChI is InChI=1S/C13H10O2/c1-8-10-5-3-2-4-9(10)6-12-11(8)7-13(14)15-12/h2-6H,7H2,1H3. The monoisotopic (exact) mass is 198 g/mol. The van der Waals surface area contributed by atoms with Crippen molar-refractivity contribution >= 4 is 16.7 Å². The largest absolute Gasteiger partial charge is 0.426 e. The van der Waals surface area contributed by atoms with Crippen LogP contribution in [-0.2, 0) is 11.2 Å². The van der Waals surface area contributed by atoms with Gasteiger partial charge in [0, 0.05) is 5.56 Å². The molecule has 0 atom stereocenters. The van der Waals surface area contributed by atoms with Crippen LogP contribution in [0.3, 0.4) is 0 Å². The van der Waals surface area contributed by atoms with Crippen LogP contribution < -0.4 is 4.74 Å². The van der Waals surface area contributed by atoms with E-state index in [0.717, 1.165) is 22.3 Å². The van der Waals surface area contributed by atoms with Crippen LogP contribution in [0.15, 0.2) is 30.3 Å². The van der Waals surface area contributed by atoms with E-state index in [1.165, 1.54) is 5.39 Å². The molecule has 2 nitrogen and oxygen atoms in total. The van der Waals surface area contributed by atoms with Crippen LogP contribution in [0.4, 0.5) is 0 Å². The molecule has 1 heterocycles. The molecule has 0 aromatic heterocycles. The summed E-state index contributed by atoms with van der Waals surface area (Å²) in [4.78, 5) is 11.2. The number of rotatable bonds is 0. The maximum Gasteiger partial charge on any atom is 0.315 e.